The van der Waals surface area contributed by atoms with Gasteiger partial charge in [-0.1, -0.05) is 76.6 Å². The molecule has 160 valence electrons. The Labute approximate surface area is 191 Å². The molecule has 3 aromatic rings. The van der Waals surface area contributed by atoms with Crippen LogP contribution in [-0.4, -0.2) is 30.7 Å². The lowest BCUT2D eigenvalue weighted by atomic mass is 9.98. The molecule has 0 bridgehead atoms. The van der Waals surface area contributed by atoms with Crippen molar-refractivity contribution in [2.24, 2.45) is 5.92 Å². The molecule has 1 heterocycles. The van der Waals surface area contributed by atoms with Gasteiger partial charge in [0.25, 0.3) is 0 Å². The minimum Gasteiger partial charge on any atom is -0.493 e. The van der Waals surface area contributed by atoms with Crippen molar-refractivity contribution in [2.45, 2.75) is 19.4 Å². The van der Waals surface area contributed by atoms with E-state index in [1.165, 1.54) is 5.56 Å². The normalized spacial score (nSPS) is 14.3. The second-order valence-electron chi connectivity index (χ2n) is 7.79. The van der Waals surface area contributed by atoms with Crippen molar-refractivity contribution in [1.82, 2.24) is 4.90 Å². The summed E-state index contributed by atoms with van der Waals surface area (Å²) >= 11 is 3.60. The lowest BCUT2D eigenvalue weighted by Crippen LogP contribution is -2.39. The topological polar surface area (TPSA) is 38.8 Å². The van der Waals surface area contributed by atoms with Gasteiger partial charge in [0.1, 0.15) is 12.4 Å². The van der Waals surface area contributed by atoms with Gasteiger partial charge in [-0.2, -0.15) is 0 Å². The van der Waals surface area contributed by atoms with Gasteiger partial charge in [-0.05, 0) is 53.6 Å². The van der Waals surface area contributed by atoms with Crippen molar-refractivity contribution in [3.8, 4) is 16.9 Å². The number of benzene rings is 3. The van der Waals surface area contributed by atoms with E-state index in [1.54, 1.807) is 4.90 Å². The molecule has 4 nitrogen and oxygen atoms in total. The van der Waals surface area contributed by atoms with Gasteiger partial charge in [-0.15, -0.1) is 0 Å². The van der Waals surface area contributed by atoms with Crippen LogP contribution in [0, 0.1) is 5.92 Å². The summed E-state index contributed by atoms with van der Waals surface area (Å²) < 4.78 is 12.5. The molecule has 0 spiro atoms. The lowest BCUT2D eigenvalue weighted by Gasteiger charge is -2.31. The van der Waals surface area contributed by atoms with Crippen LogP contribution in [0.1, 0.15) is 18.4 Å². The highest BCUT2D eigenvalue weighted by molar-refractivity contribution is 9.10. The van der Waals surface area contributed by atoms with Crippen LogP contribution >= 0.6 is 15.9 Å². The van der Waals surface area contributed by atoms with E-state index >= 15 is 0 Å². The monoisotopic (exact) mass is 479 g/mol. The highest BCUT2D eigenvalue weighted by Gasteiger charge is 2.24. The predicted octanol–water partition coefficient (Wildman–Crippen LogP) is 6.54. The van der Waals surface area contributed by atoms with Crippen LogP contribution in [0.25, 0.3) is 11.1 Å². The smallest absolute Gasteiger partial charge is 0.410 e. The molecule has 3 aromatic carbocycles. The number of carbonyl (C=O) groups excluding carboxylic acids is 1. The molecule has 1 amide bonds. The Hall–Kier alpha value is -2.79. The Kier molecular flexibility index (Phi) is 7.26. The first kappa shape index (κ1) is 21.4. The van der Waals surface area contributed by atoms with Crippen LogP contribution < -0.4 is 4.74 Å². The number of amides is 1. The fourth-order valence-electron chi connectivity index (χ4n) is 3.73. The number of piperidine rings is 1. The summed E-state index contributed by atoms with van der Waals surface area (Å²) in [7, 11) is 0. The van der Waals surface area contributed by atoms with Gasteiger partial charge in [-0.25, -0.2) is 4.79 Å². The zero-order valence-electron chi connectivity index (χ0n) is 17.4. The predicted molar refractivity (Wildman–Crippen MR) is 126 cm³/mol. The lowest BCUT2D eigenvalue weighted by molar-refractivity contribution is 0.0761. The number of carbonyl (C=O) groups is 1. The number of nitrogens with zero attached hydrogens (tertiary/aromatic N) is 1. The molecule has 1 saturated heterocycles. The largest absolute Gasteiger partial charge is 0.493 e. The molecule has 1 fully saturated rings. The minimum absolute atomic E-state index is 0.231. The molecule has 1 aliphatic rings. The second-order valence-corrected chi connectivity index (χ2v) is 8.64. The van der Waals surface area contributed by atoms with Crippen LogP contribution in [0.15, 0.2) is 83.3 Å². The summed E-state index contributed by atoms with van der Waals surface area (Å²) in [5.41, 5.74) is 3.33. The van der Waals surface area contributed by atoms with Gasteiger partial charge < -0.3 is 14.4 Å². The summed E-state index contributed by atoms with van der Waals surface area (Å²) in [6.45, 7) is 2.41. The zero-order chi connectivity index (χ0) is 21.5. The summed E-state index contributed by atoms with van der Waals surface area (Å²) in [6.07, 6.45) is 1.62. The Morgan fingerprint density at radius 3 is 2.29 bits per heavy atom. The molecule has 0 unspecified atom stereocenters. The first-order chi connectivity index (χ1) is 15.2. The van der Waals surface area contributed by atoms with Crippen molar-refractivity contribution in [3.05, 3.63) is 88.9 Å². The highest BCUT2D eigenvalue weighted by atomic mass is 79.9. The maximum Gasteiger partial charge on any atom is 0.410 e. The SMILES string of the molecule is O=C(OCc1ccccc1)N1CCC(COc2ccc(-c3ccccc3Br)cc2)CC1. The number of hydrogen-bond acceptors (Lipinski definition) is 3. The van der Waals surface area contributed by atoms with Crippen LogP contribution in [0.2, 0.25) is 0 Å². The van der Waals surface area contributed by atoms with Gasteiger partial charge in [-0.3, -0.25) is 0 Å². The molecule has 0 radical (unpaired) electrons. The summed E-state index contributed by atoms with van der Waals surface area (Å²) in [5.74, 6) is 1.32. The number of rotatable bonds is 6. The van der Waals surface area contributed by atoms with Crippen LogP contribution in [0.4, 0.5) is 4.79 Å². The van der Waals surface area contributed by atoms with Crippen molar-refractivity contribution in [1.29, 1.82) is 0 Å². The van der Waals surface area contributed by atoms with Crippen molar-refractivity contribution < 1.29 is 14.3 Å². The van der Waals surface area contributed by atoms with E-state index in [1.807, 2.05) is 60.7 Å². The van der Waals surface area contributed by atoms with E-state index < -0.39 is 0 Å². The maximum atomic E-state index is 12.3. The molecule has 0 saturated carbocycles. The molecule has 31 heavy (non-hydrogen) atoms. The number of hydrogen-bond donors (Lipinski definition) is 0. The first-order valence-electron chi connectivity index (χ1n) is 10.6. The van der Waals surface area contributed by atoms with Gasteiger partial charge in [0.15, 0.2) is 0 Å². The van der Waals surface area contributed by atoms with Gasteiger partial charge in [0.05, 0.1) is 6.61 Å². The minimum atomic E-state index is -0.231. The van der Waals surface area contributed by atoms with Crippen LogP contribution in [0.3, 0.4) is 0 Å². The van der Waals surface area contributed by atoms with Crippen molar-refractivity contribution in [2.75, 3.05) is 19.7 Å². The van der Waals surface area contributed by atoms with Crippen LogP contribution in [0.5, 0.6) is 5.75 Å². The van der Waals surface area contributed by atoms with Gasteiger partial charge in [0.2, 0.25) is 0 Å². The van der Waals surface area contributed by atoms with E-state index in [9.17, 15) is 4.79 Å². The summed E-state index contributed by atoms with van der Waals surface area (Å²) in [5, 5.41) is 0. The highest BCUT2D eigenvalue weighted by Crippen LogP contribution is 2.29. The molecule has 5 heteroatoms. The van der Waals surface area contributed by atoms with Crippen molar-refractivity contribution in [3.63, 3.8) is 0 Å². The third-order valence-electron chi connectivity index (χ3n) is 5.60. The van der Waals surface area contributed by atoms with E-state index in [4.69, 9.17) is 9.47 Å². The Morgan fingerprint density at radius 1 is 0.903 bits per heavy atom. The standard InChI is InChI=1S/C26H26BrNO3/c27-25-9-5-4-8-24(25)22-10-12-23(13-11-22)30-18-21-14-16-28(17-15-21)26(29)31-19-20-6-2-1-3-7-20/h1-13,21H,14-19H2. The van der Waals surface area contributed by atoms with Crippen LogP contribution in [-0.2, 0) is 11.3 Å². The Morgan fingerprint density at radius 2 is 1.58 bits per heavy atom. The van der Waals surface area contributed by atoms with Gasteiger partial charge >= 0.3 is 6.09 Å². The molecular weight excluding hydrogens is 454 g/mol. The van der Waals surface area contributed by atoms with Crippen molar-refractivity contribution >= 4 is 22.0 Å². The van der Waals surface area contributed by atoms with Gasteiger partial charge in [0, 0.05) is 17.6 Å². The van der Waals surface area contributed by atoms with E-state index in [2.05, 4.69) is 34.1 Å². The molecule has 0 aliphatic carbocycles. The average Bonchev–Trinajstić information content (AvgIpc) is 2.83. The van der Waals surface area contributed by atoms with E-state index in [0.29, 0.717) is 32.2 Å². The third-order valence-corrected chi connectivity index (χ3v) is 6.29. The fraction of sp³-hybridized carbons (Fsp3) is 0.269. The second kappa shape index (κ2) is 10.5. The number of likely N-dealkylation sites (tertiary alicyclic amines) is 1. The Balaban J connectivity index is 1.20. The summed E-state index contributed by atoms with van der Waals surface area (Å²) in [4.78, 5) is 14.1. The Bertz CT molecular complexity index is 983. The number of halogens is 1. The molecule has 0 N–H and O–H groups in total. The molecule has 1 aliphatic heterocycles. The fourth-order valence-corrected chi connectivity index (χ4v) is 4.25. The molecule has 4 rings (SSSR count). The summed E-state index contributed by atoms with van der Waals surface area (Å²) in [6, 6.07) is 26.2. The quantitative estimate of drug-likeness (QED) is 0.402. The average molecular weight is 480 g/mol. The van der Waals surface area contributed by atoms with E-state index in [0.717, 1.165) is 34.2 Å². The molecule has 0 aromatic heterocycles. The molecular formula is C26H26BrNO3. The van der Waals surface area contributed by atoms with E-state index in [-0.39, 0.29) is 6.09 Å². The first-order valence-corrected chi connectivity index (χ1v) is 11.4. The zero-order valence-corrected chi connectivity index (χ0v) is 19.0. The third kappa shape index (κ3) is 5.88. The molecule has 0 atom stereocenters. The number of ether oxygens (including phenoxy) is 2. The maximum absolute atomic E-state index is 12.3.